The predicted molar refractivity (Wildman–Crippen MR) is 114 cm³/mol. The normalized spacial score (nSPS) is 10.8. The van der Waals surface area contributed by atoms with Gasteiger partial charge in [0.1, 0.15) is 12.4 Å². The first-order valence-corrected chi connectivity index (χ1v) is 8.77. The number of likely N-dealkylation sites (N-methyl/N-ethyl adjacent to an activating group) is 2. The van der Waals surface area contributed by atoms with Crippen LogP contribution in [0.2, 0.25) is 0 Å². The van der Waals surface area contributed by atoms with Crippen molar-refractivity contribution < 1.29 is 18.3 Å². The van der Waals surface area contributed by atoms with Crippen molar-refractivity contribution in [2.45, 2.75) is 20.8 Å². The number of benzene rings is 1. The van der Waals surface area contributed by atoms with Crippen LogP contribution in [0, 0.1) is 11.6 Å². The lowest BCUT2D eigenvalue weighted by atomic mass is 10.3. The highest BCUT2D eigenvalue weighted by molar-refractivity contribution is 14.0. The zero-order valence-electron chi connectivity index (χ0n) is 16.3. The number of nitrogens with zero attached hydrogens (tertiary/aromatic N) is 3. The summed E-state index contributed by atoms with van der Waals surface area (Å²) in [6, 6.07) is 3.38. The maximum atomic E-state index is 13.1. The van der Waals surface area contributed by atoms with Gasteiger partial charge in [-0.15, -0.1) is 24.0 Å². The van der Waals surface area contributed by atoms with Gasteiger partial charge in [0.25, 0.3) is 0 Å². The Morgan fingerprint density at radius 1 is 1.19 bits per heavy atom. The zero-order chi connectivity index (χ0) is 19.5. The molecule has 0 aliphatic rings. The molecule has 0 saturated carbocycles. The van der Waals surface area contributed by atoms with Crippen LogP contribution in [0.25, 0.3) is 0 Å². The van der Waals surface area contributed by atoms with E-state index in [1.165, 1.54) is 6.07 Å². The van der Waals surface area contributed by atoms with Crippen molar-refractivity contribution in [2.75, 3.05) is 46.4 Å². The number of rotatable bonds is 9. The highest BCUT2D eigenvalue weighted by Gasteiger charge is 2.14. The number of carbonyl (C=O) groups excluding carboxylic acids is 1. The molecule has 9 heteroatoms. The van der Waals surface area contributed by atoms with Gasteiger partial charge < -0.3 is 19.9 Å². The number of amides is 1. The van der Waals surface area contributed by atoms with Crippen LogP contribution in [0.1, 0.15) is 20.8 Å². The van der Waals surface area contributed by atoms with Crippen molar-refractivity contribution in [1.29, 1.82) is 0 Å². The second kappa shape index (κ2) is 13.5. The van der Waals surface area contributed by atoms with Gasteiger partial charge in [0.05, 0.1) is 13.1 Å². The largest absolute Gasteiger partial charge is 0.492 e. The summed E-state index contributed by atoms with van der Waals surface area (Å²) in [4.78, 5) is 20.1. The van der Waals surface area contributed by atoms with E-state index in [9.17, 15) is 13.6 Å². The number of carbonyl (C=O) groups is 1. The van der Waals surface area contributed by atoms with E-state index in [-0.39, 0.29) is 48.8 Å². The van der Waals surface area contributed by atoms with Gasteiger partial charge in [-0.25, -0.2) is 13.8 Å². The van der Waals surface area contributed by atoms with Gasteiger partial charge >= 0.3 is 0 Å². The van der Waals surface area contributed by atoms with Crippen LogP contribution in [0.15, 0.2) is 23.2 Å². The van der Waals surface area contributed by atoms with E-state index < -0.39 is 11.6 Å². The SMILES string of the molecule is CCNC(=NCCOc1ccc(F)c(F)c1)N(C)CC(=O)N(CC)CC.I. The van der Waals surface area contributed by atoms with Crippen LogP contribution in [0.4, 0.5) is 8.78 Å². The number of aliphatic imine (C=N–C) groups is 1. The van der Waals surface area contributed by atoms with Crippen molar-refractivity contribution in [3.8, 4) is 5.75 Å². The fraction of sp³-hybridized carbons (Fsp3) is 0.556. The average Bonchev–Trinajstić information content (AvgIpc) is 2.61. The monoisotopic (exact) mass is 498 g/mol. The summed E-state index contributed by atoms with van der Waals surface area (Å²) >= 11 is 0. The number of nitrogens with one attached hydrogen (secondary N) is 1. The maximum absolute atomic E-state index is 13.1. The minimum atomic E-state index is -0.950. The third kappa shape index (κ3) is 8.72. The van der Waals surface area contributed by atoms with E-state index in [2.05, 4.69) is 10.3 Å². The molecular formula is C18H29F2IN4O2. The van der Waals surface area contributed by atoms with E-state index in [1.54, 1.807) is 16.8 Å². The van der Waals surface area contributed by atoms with Crippen molar-refractivity contribution >= 4 is 35.8 Å². The lowest BCUT2D eigenvalue weighted by molar-refractivity contribution is -0.131. The number of guanidine groups is 1. The van der Waals surface area contributed by atoms with Crippen LogP contribution in [0.5, 0.6) is 5.75 Å². The van der Waals surface area contributed by atoms with Crippen LogP contribution < -0.4 is 10.1 Å². The Hall–Kier alpha value is -1.65. The lowest BCUT2D eigenvalue weighted by Crippen LogP contribution is -2.45. The number of hydrogen-bond donors (Lipinski definition) is 1. The Kier molecular flexibility index (Phi) is 12.7. The Morgan fingerprint density at radius 2 is 1.85 bits per heavy atom. The average molecular weight is 498 g/mol. The Labute approximate surface area is 177 Å². The van der Waals surface area contributed by atoms with Crippen LogP contribution in [-0.4, -0.2) is 68.0 Å². The van der Waals surface area contributed by atoms with Crippen LogP contribution >= 0.6 is 24.0 Å². The molecule has 0 saturated heterocycles. The molecule has 1 rings (SSSR count). The fourth-order valence-corrected chi connectivity index (χ4v) is 2.31. The molecule has 0 spiro atoms. The van der Waals surface area contributed by atoms with E-state index in [4.69, 9.17) is 4.74 Å². The molecule has 0 aromatic heterocycles. The maximum Gasteiger partial charge on any atom is 0.242 e. The van der Waals surface area contributed by atoms with Gasteiger partial charge in [-0.2, -0.15) is 0 Å². The van der Waals surface area contributed by atoms with Crippen molar-refractivity contribution in [3.63, 3.8) is 0 Å². The lowest BCUT2D eigenvalue weighted by Gasteiger charge is -2.25. The minimum Gasteiger partial charge on any atom is -0.492 e. The third-order valence-electron chi connectivity index (χ3n) is 3.70. The quantitative estimate of drug-likeness (QED) is 0.246. The topological polar surface area (TPSA) is 57.2 Å². The summed E-state index contributed by atoms with van der Waals surface area (Å²) in [5, 5.41) is 3.12. The molecule has 27 heavy (non-hydrogen) atoms. The molecule has 1 aromatic carbocycles. The van der Waals surface area contributed by atoms with E-state index >= 15 is 0 Å². The van der Waals surface area contributed by atoms with Crippen molar-refractivity contribution in [3.05, 3.63) is 29.8 Å². The molecule has 0 atom stereocenters. The summed E-state index contributed by atoms with van der Waals surface area (Å²) in [5.41, 5.74) is 0. The molecule has 1 aromatic rings. The smallest absolute Gasteiger partial charge is 0.242 e. The predicted octanol–water partition coefficient (Wildman–Crippen LogP) is 2.73. The second-order valence-corrected chi connectivity index (χ2v) is 5.58. The fourth-order valence-electron chi connectivity index (χ4n) is 2.31. The molecule has 0 bridgehead atoms. The molecule has 0 heterocycles. The molecule has 1 amide bonds. The Morgan fingerprint density at radius 3 is 2.41 bits per heavy atom. The van der Waals surface area contributed by atoms with Crippen molar-refractivity contribution in [1.82, 2.24) is 15.1 Å². The highest BCUT2D eigenvalue weighted by atomic mass is 127. The molecule has 0 unspecified atom stereocenters. The number of ether oxygens (including phenoxy) is 1. The van der Waals surface area contributed by atoms with Crippen LogP contribution in [0.3, 0.4) is 0 Å². The second-order valence-electron chi connectivity index (χ2n) is 5.58. The minimum absolute atomic E-state index is 0. The highest BCUT2D eigenvalue weighted by Crippen LogP contribution is 2.15. The molecule has 0 aliphatic heterocycles. The Bertz CT molecular complexity index is 613. The summed E-state index contributed by atoms with van der Waals surface area (Å²) in [7, 11) is 1.79. The molecule has 0 radical (unpaired) electrons. The van der Waals surface area contributed by atoms with Gasteiger partial charge in [-0.1, -0.05) is 0 Å². The number of hydrogen-bond acceptors (Lipinski definition) is 3. The molecule has 1 N–H and O–H groups in total. The summed E-state index contributed by atoms with van der Waals surface area (Å²) in [6.45, 7) is 8.55. The van der Waals surface area contributed by atoms with Gasteiger partial charge in [-0.05, 0) is 32.9 Å². The zero-order valence-corrected chi connectivity index (χ0v) is 18.6. The van der Waals surface area contributed by atoms with Gasteiger partial charge in [0, 0.05) is 32.7 Å². The van der Waals surface area contributed by atoms with Crippen molar-refractivity contribution in [2.24, 2.45) is 4.99 Å². The molecular weight excluding hydrogens is 469 g/mol. The van der Waals surface area contributed by atoms with E-state index in [0.29, 0.717) is 32.1 Å². The summed E-state index contributed by atoms with van der Waals surface area (Å²) in [6.07, 6.45) is 0. The first-order chi connectivity index (χ1) is 12.4. The summed E-state index contributed by atoms with van der Waals surface area (Å²) in [5.74, 6) is -1.00. The van der Waals surface area contributed by atoms with Crippen LogP contribution in [-0.2, 0) is 4.79 Å². The molecule has 154 valence electrons. The van der Waals surface area contributed by atoms with Gasteiger partial charge in [-0.3, -0.25) is 4.79 Å². The summed E-state index contributed by atoms with van der Waals surface area (Å²) < 4.78 is 31.4. The first kappa shape index (κ1) is 25.3. The standard InChI is InChI=1S/C18H28F2N4O2.HI/c1-5-21-18(23(4)13-17(25)24(6-2)7-3)22-10-11-26-14-8-9-15(19)16(20)12-14;/h8-9,12H,5-7,10-11,13H2,1-4H3,(H,21,22);1H. The molecule has 6 nitrogen and oxygen atoms in total. The van der Waals surface area contributed by atoms with E-state index in [0.717, 1.165) is 12.1 Å². The molecule has 0 fully saturated rings. The van der Waals surface area contributed by atoms with Gasteiger partial charge in [0.2, 0.25) is 5.91 Å². The Balaban J connectivity index is 0.00000676. The van der Waals surface area contributed by atoms with Gasteiger partial charge in [0.15, 0.2) is 17.6 Å². The third-order valence-corrected chi connectivity index (χ3v) is 3.70. The van der Waals surface area contributed by atoms with E-state index in [1.807, 2.05) is 20.8 Å². The number of halogens is 3. The first-order valence-electron chi connectivity index (χ1n) is 8.77. The molecule has 0 aliphatic carbocycles.